The van der Waals surface area contributed by atoms with Gasteiger partial charge >= 0.3 is 0 Å². The molecule has 1 aliphatic rings. The summed E-state index contributed by atoms with van der Waals surface area (Å²) < 4.78 is 1.91. The van der Waals surface area contributed by atoms with E-state index in [1.807, 2.05) is 6.07 Å². The molecule has 1 N–H and O–H groups in total. The molecule has 0 aromatic carbocycles. The lowest BCUT2D eigenvalue weighted by Gasteiger charge is -2.19. The minimum atomic E-state index is 0.0252. The van der Waals surface area contributed by atoms with Crippen LogP contribution in [0.3, 0.4) is 0 Å². The Morgan fingerprint density at radius 3 is 2.55 bits per heavy atom. The monoisotopic (exact) mass is 422 g/mol. The predicted octanol–water partition coefficient (Wildman–Crippen LogP) is 4.27. The molecular weight excluding hydrogens is 404 g/mol. The molecule has 1 aliphatic heterocycles. The fraction of sp³-hybridized carbons (Fsp3) is 0.643. The van der Waals surface area contributed by atoms with Crippen LogP contribution in [0.15, 0.2) is 14.3 Å². The van der Waals surface area contributed by atoms with Crippen molar-refractivity contribution in [3.63, 3.8) is 0 Å². The van der Waals surface area contributed by atoms with Gasteiger partial charge in [0.2, 0.25) is 0 Å². The van der Waals surface area contributed by atoms with E-state index >= 15 is 0 Å². The zero-order valence-electron chi connectivity index (χ0n) is 11.5. The number of rotatable bonds is 5. The number of likely N-dealkylation sites (tertiary alicyclic amines) is 1. The van der Waals surface area contributed by atoms with Gasteiger partial charge in [0.1, 0.15) is 0 Å². The summed E-state index contributed by atoms with van der Waals surface area (Å²) in [5, 5.41) is 3.00. The molecule has 0 spiro atoms. The Morgan fingerprint density at radius 2 is 1.95 bits per heavy atom. The molecule has 0 radical (unpaired) electrons. The van der Waals surface area contributed by atoms with Gasteiger partial charge in [-0.1, -0.05) is 12.8 Å². The maximum absolute atomic E-state index is 12.0. The van der Waals surface area contributed by atoms with E-state index in [9.17, 15) is 4.79 Å². The first-order chi connectivity index (χ1) is 9.66. The van der Waals surface area contributed by atoms with E-state index < -0.39 is 0 Å². The van der Waals surface area contributed by atoms with E-state index in [2.05, 4.69) is 42.1 Å². The molecule has 0 atom stereocenters. The molecular formula is C14H20Br2N2OS. The number of nitrogens with one attached hydrogen (secondary N) is 1. The molecule has 1 saturated heterocycles. The largest absolute Gasteiger partial charge is 0.351 e. The molecule has 2 heterocycles. The third-order valence-electron chi connectivity index (χ3n) is 3.50. The first kappa shape index (κ1) is 16.5. The topological polar surface area (TPSA) is 32.3 Å². The van der Waals surface area contributed by atoms with E-state index in [0.29, 0.717) is 0 Å². The van der Waals surface area contributed by atoms with Crippen LogP contribution in [-0.2, 0) is 0 Å². The lowest BCUT2D eigenvalue weighted by molar-refractivity contribution is 0.0955. The van der Waals surface area contributed by atoms with Crippen LogP contribution in [0.1, 0.15) is 41.8 Å². The van der Waals surface area contributed by atoms with Crippen LogP contribution in [0.2, 0.25) is 0 Å². The highest BCUT2D eigenvalue weighted by atomic mass is 79.9. The van der Waals surface area contributed by atoms with Gasteiger partial charge in [-0.25, -0.2) is 0 Å². The number of carbonyl (C=O) groups is 1. The average Bonchev–Trinajstić information content (AvgIpc) is 2.66. The number of carbonyl (C=O) groups excluding carboxylic acids is 1. The van der Waals surface area contributed by atoms with Crippen LogP contribution in [0.4, 0.5) is 0 Å². The fourth-order valence-electron chi connectivity index (χ4n) is 2.41. The van der Waals surface area contributed by atoms with E-state index in [0.717, 1.165) is 32.6 Å². The SMILES string of the molecule is O=C(NCCCN1CCCCCC1)c1cc(Br)c(Br)s1. The molecule has 20 heavy (non-hydrogen) atoms. The summed E-state index contributed by atoms with van der Waals surface area (Å²) in [5.41, 5.74) is 0. The van der Waals surface area contributed by atoms with Crippen molar-refractivity contribution in [3.05, 3.63) is 19.2 Å². The Hall–Kier alpha value is 0.0900. The number of halogens is 2. The summed E-state index contributed by atoms with van der Waals surface area (Å²) in [6.45, 7) is 4.29. The molecule has 0 bridgehead atoms. The lowest BCUT2D eigenvalue weighted by Crippen LogP contribution is -2.30. The lowest BCUT2D eigenvalue weighted by atomic mass is 10.2. The van der Waals surface area contributed by atoms with Gasteiger partial charge in [0, 0.05) is 11.0 Å². The molecule has 2 rings (SSSR count). The van der Waals surface area contributed by atoms with Crippen molar-refractivity contribution in [2.45, 2.75) is 32.1 Å². The molecule has 1 amide bonds. The third kappa shape index (κ3) is 5.13. The molecule has 1 fully saturated rings. The molecule has 0 unspecified atom stereocenters. The van der Waals surface area contributed by atoms with Crippen molar-refractivity contribution < 1.29 is 4.79 Å². The van der Waals surface area contributed by atoms with Crippen molar-refractivity contribution in [3.8, 4) is 0 Å². The van der Waals surface area contributed by atoms with E-state index in [1.165, 1.54) is 50.1 Å². The maximum Gasteiger partial charge on any atom is 0.261 e. The third-order valence-corrected chi connectivity index (χ3v) is 6.76. The van der Waals surface area contributed by atoms with Gasteiger partial charge < -0.3 is 10.2 Å². The number of amides is 1. The average molecular weight is 424 g/mol. The molecule has 0 saturated carbocycles. The Kier molecular flexibility index (Phi) is 7.01. The van der Waals surface area contributed by atoms with E-state index in [-0.39, 0.29) is 5.91 Å². The smallest absolute Gasteiger partial charge is 0.261 e. The van der Waals surface area contributed by atoms with Crippen LogP contribution >= 0.6 is 43.2 Å². The molecule has 1 aromatic heterocycles. The molecule has 0 aliphatic carbocycles. The Morgan fingerprint density at radius 1 is 1.25 bits per heavy atom. The zero-order chi connectivity index (χ0) is 14.4. The van der Waals surface area contributed by atoms with Crippen LogP contribution in [-0.4, -0.2) is 37.0 Å². The first-order valence-corrected chi connectivity index (χ1v) is 9.52. The van der Waals surface area contributed by atoms with Gasteiger partial charge in [0.05, 0.1) is 8.66 Å². The van der Waals surface area contributed by atoms with Crippen LogP contribution in [0, 0.1) is 0 Å². The first-order valence-electron chi connectivity index (χ1n) is 7.12. The van der Waals surface area contributed by atoms with Gasteiger partial charge in [-0.15, -0.1) is 11.3 Å². The predicted molar refractivity (Wildman–Crippen MR) is 91.6 cm³/mol. The second-order valence-electron chi connectivity index (χ2n) is 5.10. The van der Waals surface area contributed by atoms with Crippen LogP contribution in [0.5, 0.6) is 0 Å². The second-order valence-corrected chi connectivity index (χ2v) is 8.32. The second kappa shape index (κ2) is 8.51. The van der Waals surface area contributed by atoms with Gasteiger partial charge in [-0.05, 0) is 76.8 Å². The molecule has 6 heteroatoms. The van der Waals surface area contributed by atoms with Crippen molar-refractivity contribution in [2.24, 2.45) is 0 Å². The van der Waals surface area contributed by atoms with Crippen molar-refractivity contribution in [1.29, 1.82) is 0 Å². The summed E-state index contributed by atoms with van der Waals surface area (Å²) in [6.07, 6.45) is 6.41. The van der Waals surface area contributed by atoms with Gasteiger partial charge in [0.25, 0.3) is 5.91 Å². The number of hydrogen-bond acceptors (Lipinski definition) is 3. The Labute approximate surface area is 141 Å². The van der Waals surface area contributed by atoms with Crippen molar-refractivity contribution in [2.75, 3.05) is 26.2 Å². The number of thiophene rings is 1. The summed E-state index contributed by atoms with van der Waals surface area (Å²) >= 11 is 8.27. The van der Waals surface area contributed by atoms with Crippen LogP contribution in [0.25, 0.3) is 0 Å². The normalized spacial score (nSPS) is 16.9. The summed E-state index contributed by atoms with van der Waals surface area (Å²) in [6, 6.07) is 1.86. The Balaban J connectivity index is 1.66. The summed E-state index contributed by atoms with van der Waals surface area (Å²) in [7, 11) is 0. The molecule has 1 aromatic rings. The molecule has 3 nitrogen and oxygen atoms in total. The summed E-state index contributed by atoms with van der Waals surface area (Å²) in [5.74, 6) is 0.0252. The van der Waals surface area contributed by atoms with Gasteiger partial charge in [-0.2, -0.15) is 0 Å². The van der Waals surface area contributed by atoms with E-state index in [4.69, 9.17) is 0 Å². The van der Waals surface area contributed by atoms with Gasteiger partial charge in [-0.3, -0.25) is 4.79 Å². The maximum atomic E-state index is 12.0. The number of nitrogens with zero attached hydrogens (tertiary/aromatic N) is 1. The van der Waals surface area contributed by atoms with Crippen LogP contribution < -0.4 is 5.32 Å². The Bertz CT molecular complexity index is 423. The van der Waals surface area contributed by atoms with Crippen molar-refractivity contribution >= 4 is 49.1 Å². The standard InChI is InChI=1S/C14H20Br2N2OS/c15-11-10-12(20-13(11)16)14(19)17-6-5-9-18-7-3-1-2-4-8-18/h10H,1-9H2,(H,17,19). The zero-order valence-corrected chi connectivity index (χ0v) is 15.4. The summed E-state index contributed by atoms with van der Waals surface area (Å²) in [4.78, 5) is 15.2. The van der Waals surface area contributed by atoms with Gasteiger partial charge in [0.15, 0.2) is 0 Å². The minimum Gasteiger partial charge on any atom is -0.351 e. The highest BCUT2D eigenvalue weighted by Gasteiger charge is 2.12. The van der Waals surface area contributed by atoms with E-state index in [1.54, 1.807) is 0 Å². The van der Waals surface area contributed by atoms with Crippen molar-refractivity contribution in [1.82, 2.24) is 10.2 Å². The quantitative estimate of drug-likeness (QED) is 0.717. The molecule has 112 valence electrons. The highest BCUT2D eigenvalue weighted by molar-refractivity contribution is 9.13. The highest BCUT2D eigenvalue weighted by Crippen LogP contribution is 2.32. The number of hydrogen-bond donors (Lipinski definition) is 1. The fourth-order valence-corrected chi connectivity index (χ4v) is 4.36. The minimum absolute atomic E-state index is 0.0252.